The molecule has 0 saturated heterocycles. The normalized spacial score (nSPS) is 12.0. The Morgan fingerprint density at radius 3 is 2.95 bits per heavy atom. The van der Waals surface area contributed by atoms with Crippen LogP contribution in [0.4, 0.5) is 0 Å². The van der Waals surface area contributed by atoms with Crippen LogP contribution < -0.4 is 10.1 Å². The standard InChI is InChI=1S/C16H20N2O3S/c1-11(8-20-3)17-16(19)13-5-4-6-15(7-13)21-9-14-10-22-12(2)18-14/h4-7,10-11H,8-9H2,1-3H3,(H,17,19)/t11-/m1/s1. The average molecular weight is 320 g/mol. The molecule has 0 aliphatic heterocycles. The number of benzene rings is 1. The van der Waals surface area contributed by atoms with Crippen molar-refractivity contribution in [1.82, 2.24) is 10.3 Å². The summed E-state index contributed by atoms with van der Waals surface area (Å²) in [6.07, 6.45) is 0. The molecule has 22 heavy (non-hydrogen) atoms. The van der Waals surface area contributed by atoms with E-state index in [1.54, 1.807) is 36.6 Å². The van der Waals surface area contributed by atoms with Crippen LogP contribution in [0.3, 0.4) is 0 Å². The summed E-state index contributed by atoms with van der Waals surface area (Å²) in [6.45, 7) is 4.73. The van der Waals surface area contributed by atoms with Gasteiger partial charge in [0.25, 0.3) is 5.91 Å². The number of methoxy groups -OCH3 is 1. The first-order chi connectivity index (χ1) is 10.6. The predicted octanol–water partition coefficient (Wildman–Crippen LogP) is 2.80. The van der Waals surface area contributed by atoms with Gasteiger partial charge >= 0.3 is 0 Å². The number of thiazole rings is 1. The molecule has 0 saturated carbocycles. The molecule has 0 aliphatic rings. The van der Waals surface area contributed by atoms with E-state index in [0.29, 0.717) is 24.5 Å². The molecule has 1 amide bonds. The second-order valence-electron chi connectivity index (χ2n) is 5.00. The zero-order chi connectivity index (χ0) is 15.9. The highest BCUT2D eigenvalue weighted by Gasteiger charge is 2.10. The van der Waals surface area contributed by atoms with Gasteiger partial charge in [-0.3, -0.25) is 4.79 Å². The number of amides is 1. The Kier molecular flexibility index (Phi) is 5.91. The zero-order valence-corrected chi connectivity index (χ0v) is 13.8. The Bertz CT molecular complexity index is 627. The van der Waals surface area contributed by atoms with Gasteiger partial charge < -0.3 is 14.8 Å². The van der Waals surface area contributed by atoms with Crippen molar-refractivity contribution in [1.29, 1.82) is 0 Å². The third kappa shape index (κ3) is 4.82. The number of nitrogens with one attached hydrogen (secondary N) is 1. The lowest BCUT2D eigenvalue weighted by atomic mass is 10.2. The Labute approximate surface area is 134 Å². The largest absolute Gasteiger partial charge is 0.487 e. The van der Waals surface area contributed by atoms with Crippen molar-refractivity contribution in [2.24, 2.45) is 0 Å². The minimum atomic E-state index is -0.139. The molecular weight excluding hydrogens is 300 g/mol. The van der Waals surface area contributed by atoms with Crippen LogP contribution in [-0.2, 0) is 11.3 Å². The maximum atomic E-state index is 12.1. The third-order valence-electron chi connectivity index (χ3n) is 2.94. The second-order valence-corrected chi connectivity index (χ2v) is 6.07. The fraction of sp³-hybridized carbons (Fsp3) is 0.375. The van der Waals surface area contributed by atoms with Gasteiger partial charge in [-0.15, -0.1) is 11.3 Å². The fourth-order valence-corrected chi connectivity index (χ4v) is 2.56. The summed E-state index contributed by atoms with van der Waals surface area (Å²) in [7, 11) is 1.61. The van der Waals surface area contributed by atoms with E-state index in [9.17, 15) is 4.79 Å². The average Bonchev–Trinajstić information content (AvgIpc) is 2.91. The summed E-state index contributed by atoms with van der Waals surface area (Å²) in [5.41, 5.74) is 1.46. The maximum Gasteiger partial charge on any atom is 0.251 e. The quantitative estimate of drug-likeness (QED) is 0.852. The summed E-state index contributed by atoms with van der Waals surface area (Å²) in [5, 5.41) is 5.85. The topological polar surface area (TPSA) is 60.5 Å². The van der Waals surface area contributed by atoms with Gasteiger partial charge in [0, 0.05) is 24.1 Å². The summed E-state index contributed by atoms with van der Waals surface area (Å²) in [4.78, 5) is 16.5. The van der Waals surface area contributed by atoms with Crippen molar-refractivity contribution in [3.05, 3.63) is 45.9 Å². The first kappa shape index (κ1) is 16.5. The highest BCUT2D eigenvalue weighted by atomic mass is 32.1. The van der Waals surface area contributed by atoms with Crippen molar-refractivity contribution in [2.75, 3.05) is 13.7 Å². The van der Waals surface area contributed by atoms with E-state index < -0.39 is 0 Å². The number of carbonyl (C=O) groups is 1. The Morgan fingerprint density at radius 2 is 2.27 bits per heavy atom. The molecule has 1 aromatic carbocycles. The van der Waals surface area contributed by atoms with Crippen molar-refractivity contribution in [3.63, 3.8) is 0 Å². The lowest BCUT2D eigenvalue weighted by molar-refractivity contribution is 0.0905. The first-order valence-corrected chi connectivity index (χ1v) is 7.90. The minimum absolute atomic E-state index is 0.0416. The smallest absolute Gasteiger partial charge is 0.251 e. The summed E-state index contributed by atoms with van der Waals surface area (Å²) in [6, 6.07) is 7.08. The maximum absolute atomic E-state index is 12.1. The number of carbonyl (C=O) groups excluding carboxylic acids is 1. The van der Waals surface area contributed by atoms with Gasteiger partial charge in [-0.05, 0) is 32.0 Å². The van der Waals surface area contributed by atoms with Crippen LogP contribution >= 0.6 is 11.3 Å². The number of ether oxygens (including phenoxy) is 2. The van der Waals surface area contributed by atoms with Gasteiger partial charge in [0.15, 0.2) is 0 Å². The molecule has 0 bridgehead atoms. The van der Waals surface area contributed by atoms with Gasteiger partial charge in [0.1, 0.15) is 12.4 Å². The molecule has 2 rings (SSSR count). The molecule has 1 atom stereocenters. The van der Waals surface area contributed by atoms with Crippen molar-refractivity contribution < 1.29 is 14.3 Å². The Balaban J connectivity index is 1.95. The zero-order valence-electron chi connectivity index (χ0n) is 13.0. The molecule has 0 unspecified atom stereocenters. The SMILES string of the molecule is COC[C@@H](C)NC(=O)c1cccc(OCc2csc(C)n2)c1. The van der Waals surface area contributed by atoms with Crippen molar-refractivity contribution in [2.45, 2.75) is 26.5 Å². The molecule has 118 valence electrons. The van der Waals surface area contributed by atoms with E-state index in [2.05, 4.69) is 10.3 Å². The molecule has 6 heteroatoms. The molecule has 0 aliphatic carbocycles. The highest BCUT2D eigenvalue weighted by molar-refractivity contribution is 7.09. The summed E-state index contributed by atoms with van der Waals surface area (Å²) in [5.74, 6) is 0.511. The number of nitrogens with zero attached hydrogens (tertiary/aromatic N) is 1. The number of hydrogen-bond donors (Lipinski definition) is 1. The molecular formula is C16H20N2O3S. The van der Waals surface area contributed by atoms with E-state index in [-0.39, 0.29) is 11.9 Å². The Hall–Kier alpha value is -1.92. The monoisotopic (exact) mass is 320 g/mol. The number of rotatable bonds is 7. The van der Waals surface area contributed by atoms with Crippen LogP contribution in [0.2, 0.25) is 0 Å². The van der Waals surface area contributed by atoms with Gasteiger partial charge in [-0.1, -0.05) is 6.07 Å². The lowest BCUT2D eigenvalue weighted by Crippen LogP contribution is -2.35. The van der Waals surface area contributed by atoms with Crippen LogP contribution in [0.15, 0.2) is 29.6 Å². The van der Waals surface area contributed by atoms with Crippen LogP contribution in [-0.4, -0.2) is 30.6 Å². The van der Waals surface area contributed by atoms with E-state index in [0.717, 1.165) is 10.7 Å². The molecule has 1 heterocycles. The fourth-order valence-electron chi connectivity index (χ4n) is 1.96. The van der Waals surface area contributed by atoms with Gasteiger partial charge in [-0.25, -0.2) is 4.98 Å². The van der Waals surface area contributed by atoms with E-state index in [1.807, 2.05) is 25.3 Å². The number of aromatic nitrogens is 1. The lowest BCUT2D eigenvalue weighted by Gasteiger charge is -2.13. The minimum Gasteiger partial charge on any atom is -0.487 e. The molecule has 1 aromatic heterocycles. The van der Waals surface area contributed by atoms with E-state index in [4.69, 9.17) is 9.47 Å². The van der Waals surface area contributed by atoms with Gasteiger partial charge in [0.2, 0.25) is 0 Å². The highest BCUT2D eigenvalue weighted by Crippen LogP contribution is 2.16. The van der Waals surface area contributed by atoms with E-state index >= 15 is 0 Å². The second kappa shape index (κ2) is 7.91. The summed E-state index contributed by atoms with van der Waals surface area (Å²) < 4.78 is 10.7. The van der Waals surface area contributed by atoms with E-state index in [1.165, 1.54) is 0 Å². The van der Waals surface area contributed by atoms with Crippen molar-refractivity contribution in [3.8, 4) is 5.75 Å². The van der Waals surface area contributed by atoms with Crippen LogP contribution in [0.1, 0.15) is 28.0 Å². The molecule has 0 fully saturated rings. The predicted molar refractivity (Wildman–Crippen MR) is 86.4 cm³/mol. The molecule has 1 N–H and O–H groups in total. The van der Waals surface area contributed by atoms with Crippen molar-refractivity contribution >= 4 is 17.2 Å². The van der Waals surface area contributed by atoms with Crippen LogP contribution in [0, 0.1) is 6.92 Å². The molecule has 2 aromatic rings. The van der Waals surface area contributed by atoms with Gasteiger partial charge in [-0.2, -0.15) is 0 Å². The number of hydrogen-bond acceptors (Lipinski definition) is 5. The molecule has 0 spiro atoms. The number of aryl methyl sites for hydroxylation is 1. The van der Waals surface area contributed by atoms with Crippen LogP contribution in [0.25, 0.3) is 0 Å². The third-order valence-corrected chi connectivity index (χ3v) is 3.77. The van der Waals surface area contributed by atoms with Crippen LogP contribution in [0.5, 0.6) is 5.75 Å². The van der Waals surface area contributed by atoms with Gasteiger partial charge in [0.05, 0.1) is 17.3 Å². The molecule has 0 radical (unpaired) electrons. The first-order valence-electron chi connectivity index (χ1n) is 7.02. The summed E-state index contributed by atoms with van der Waals surface area (Å²) >= 11 is 1.59. The molecule has 5 nitrogen and oxygen atoms in total. The Morgan fingerprint density at radius 1 is 1.45 bits per heavy atom.